The monoisotopic (exact) mass is 257 g/mol. The van der Waals surface area contributed by atoms with E-state index in [-0.39, 0.29) is 0 Å². The lowest BCUT2D eigenvalue weighted by molar-refractivity contribution is 1.14. The Morgan fingerprint density at radius 2 is 2.17 bits per heavy atom. The molecule has 0 aliphatic carbocycles. The lowest BCUT2D eigenvalue weighted by atomic mass is 10.1. The van der Waals surface area contributed by atoms with Gasteiger partial charge in [0.2, 0.25) is 0 Å². The topological polar surface area (TPSA) is 54.7 Å². The van der Waals surface area contributed by atoms with Crippen molar-refractivity contribution in [1.29, 1.82) is 0 Å². The Morgan fingerprint density at radius 1 is 1.33 bits per heavy atom. The van der Waals surface area contributed by atoms with Crippen molar-refractivity contribution in [2.24, 2.45) is 0 Å². The van der Waals surface area contributed by atoms with Gasteiger partial charge in [0.25, 0.3) is 0 Å². The van der Waals surface area contributed by atoms with E-state index in [1.165, 1.54) is 10.4 Å². The average Bonchev–Trinajstić information content (AvgIpc) is 2.90. The number of thiophene rings is 1. The smallest absolute Gasteiger partial charge is 0.141 e. The number of nitrogens with one attached hydrogen (secondary N) is 1. The van der Waals surface area contributed by atoms with Gasteiger partial charge in [-0.05, 0) is 37.1 Å². The van der Waals surface area contributed by atoms with Crippen molar-refractivity contribution in [2.45, 2.75) is 20.3 Å². The number of nitrogens with two attached hydrogens (primary N) is 1. The van der Waals surface area contributed by atoms with Crippen LogP contribution in [-0.2, 0) is 6.42 Å². The number of rotatable bonds is 2. The van der Waals surface area contributed by atoms with Gasteiger partial charge in [-0.3, -0.25) is 0 Å². The Balaban J connectivity index is 2.16. The van der Waals surface area contributed by atoms with Gasteiger partial charge in [-0.25, -0.2) is 4.98 Å². The second kappa shape index (κ2) is 4.14. The number of anilines is 1. The van der Waals surface area contributed by atoms with Gasteiger partial charge in [0.05, 0.1) is 21.6 Å². The third-order valence-corrected chi connectivity index (χ3v) is 3.97. The Morgan fingerprint density at radius 3 is 2.83 bits per heavy atom. The minimum absolute atomic E-state index is 0.822. The fourth-order valence-corrected chi connectivity index (χ4v) is 2.91. The zero-order valence-electron chi connectivity index (χ0n) is 10.4. The predicted molar refractivity (Wildman–Crippen MR) is 77.9 cm³/mol. The van der Waals surface area contributed by atoms with Crippen molar-refractivity contribution < 1.29 is 0 Å². The van der Waals surface area contributed by atoms with Gasteiger partial charge < -0.3 is 10.7 Å². The minimum Gasteiger partial charge on any atom is -0.390 e. The lowest BCUT2D eigenvalue weighted by Gasteiger charge is -1.94. The second-order valence-corrected chi connectivity index (χ2v) is 5.71. The molecule has 3 N–H and O–H groups in total. The maximum Gasteiger partial charge on any atom is 0.141 e. The SMILES string of the molecule is CCc1ccc2nc(-c3cc(C)sc3N)[nH]c2c1. The van der Waals surface area contributed by atoms with Gasteiger partial charge in [-0.2, -0.15) is 0 Å². The van der Waals surface area contributed by atoms with E-state index in [1.54, 1.807) is 11.3 Å². The van der Waals surface area contributed by atoms with Crippen LogP contribution in [0.1, 0.15) is 17.4 Å². The standard InChI is InChI=1S/C14H15N3S/c1-3-9-4-5-11-12(7-9)17-14(16-11)10-6-8(2)18-13(10)15/h4-7H,3,15H2,1-2H3,(H,16,17). The van der Waals surface area contributed by atoms with Crippen molar-refractivity contribution in [3.63, 3.8) is 0 Å². The van der Waals surface area contributed by atoms with Crippen LogP contribution in [0.5, 0.6) is 0 Å². The minimum atomic E-state index is 0.822. The summed E-state index contributed by atoms with van der Waals surface area (Å²) in [6.07, 6.45) is 1.03. The van der Waals surface area contributed by atoms with E-state index < -0.39 is 0 Å². The van der Waals surface area contributed by atoms with Gasteiger partial charge >= 0.3 is 0 Å². The van der Waals surface area contributed by atoms with Crippen LogP contribution in [0.25, 0.3) is 22.4 Å². The first kappa shape index (κ1) is 11.3. The number of nitrogen functional groups attached to an aromatic ring is 1. The van der Waals surface area contributed by atoms with Crippen LogP contribution in [0, 0.1) is 6.92 Å². The van der Waals surface area contributed by atoms with Crippen LogP contribution in [0.4, 0.5) is 5.00 Å². The van der Waals surface area contributed by atoms with E-state index in [2.05, 4.69) is 48.1 Å². The first-order chi connectivity index (χ1) is 8.67. The van der Waals surface area contributed by atoms with Crippen molar-refractivity contribution >= 4 is 27.4 Å². The molecule has 0 atom stereocenters. The van der Waals surface area contributed by atoms with Gasteiger partial charge in [-0.1, -0.05) is 13.0 Å². The van der Waals surface area contributed by atoms with Crippen molar-refractivity contribution in [2.75, 3.05) is 5.73 Å². The summed E-state index contributed by atoms with van der Waals surface area (Å²) in [6.45, 7) is 4.21. The summed E-state index contributed by atoms with van der Waals surface area (Å²) in [4.78, 5) is 9.17. The highest BCUT2D eigenvalue weighted by Gasteiger charge is 2.11. The molecular formula is C14H15N3S. The quantitative estimate of drug-likeness (QED) is 0.734. The lowest BCUT2D eigenvalue weighted by Crippen LogP contribution is -1.84. The number of aromatic amines is 1. The molecule has 4 heteroatoms. The Kier molecular flexibility index (Phi) is 2.59. The number of hydrogen-bond donors (Lipinski definition) is 2. The third kappa shape index (κ3) is 1.78. The van der Waals surface area contributed by atoms with Crippen LogP contribution < -0.4 is 5.73 Å². The van der Waals surface area contributed by atoms with Gasteiger partial charge in [0.15, 0.2) is 0 Å². The first-order valence-electron chi connectivity index (χ1n) is 6.02. The molecule has 0 radical (unpaired) electrons. The number of aromatic nitrogens is 2. The van der Waals surface area contributed by atoms with Gasteiger partial charge in [0, 0.05) is 4.88 Å². The molecule has 18 heavy (non-hydrogen) atoms. The van der Waals surface area contributed by atoms with Crippen molar-refractivity contribution in [3.05, 3.63) is 34.7 Å². The van der Waals surface area contributed by atoms with E-state index in [0.717, 1.165) is 33.8 Å². The molecule has 0 saturated carbocycles. The number of aryl methyl sites for hydroxylation is 2. The molecule has 3 nitrogen and oxygen atoms in total. The fourth-order valence-electron chi connectivity index (χ4n) is 2.12. The third-order valence-electron chi connectivity index (χ3n) is 3.09. The average molecular weight is 257 g/mol. The maximum absolute atomic E-state index is 6.01. The van der Waals surface area contributed by atoms with Gasteiger partial charge in [0.1, 0.15) is 5.82 Å². The van der Waals surface area contributed by atoms with E-state index >= 15 is 0 Å². The zero-order chi connectivity index (χ0) is 12.7. The highest BCUT2D eigenvalue weighted by Crippen LogP contribution is 2.32. The molecule has 0 spiro atoms. The molecule has 1 aromatic carbocycles. The summed E-state index contributed by atoms with van der Waals surface area (Å²) >= 11 is 1.60. The Hall–Kier alpha value is -1.81. The van der Waals surface area contributed by atoms with Crippen molar-refractivity contribution in [1.82, 2.24) is 9.97 Å². The molecule has 3 rings (SSSR count). The van der Waals surface area contributed by atoms with Crippen LogP contribution in [0.15, 0.2) is 24.3 Å². The van der Waals surface area contributed by atoms with Crippen LogP contribution in [0.2, 0.25) is 0 Å². The molecule has 2 heterocycles. The highest BCUT2D eigenvalue weighted by atomic mass is 32.1. The number of H-pyrrole nitrogens is 1. The molecule has 0 aliphatic heterocycles. The van der Waals surface area contributed by atoms with E-state index in [0.29, 0.717) is 0 Å². The summed E-state index contributed by atoms with van der Waals surface area (Å²) in [5.74, 6) is 0.861. The summed E-state index contributed by atoms with van der Waals surface area (Å²) in [5.41, 5.74) is 10.4. The molecule has 0 fully saturated rings. The number of benzene rings is 1. The Bertz CT molecular complexity index is 709. The molecule has 3 aromatic rings. The number of imidazole rings is 1. The highest BCUT2D eigenvalue weighted by molar-refractivity contribution is 7.16. The molecule has 2 aromatic heterocycles. The fraction of sp³-hybridized carbons (Fsp3) is 0.214. The summed E-state index contributed by atoms with van der Waals surface area (Å²) in [5, 5.41) is 0.822. The second-order valence-electron chi connectivity index (χ2n) is 4.43. The van der Waals surface area contributed by atoms with Crippen LogP contribution in [0.3, 0.4) is 0 Å². The molecular weight excluding hydrogens is 242 g/mol. The Labute approximate surface area is 110 Å². The van der Waals surface area contributed by atoms with E-state index in [4.69, 9.17) is 5.73 Å². The zero-order valence-corrected chi connectivity index (χ0v) is 11.3. The van der Waals surface area contributed by atoms with Crippen LogP contribution >= 0.6 is 11.3 Å². The first-order valence-corrected chi connectivity index (χ1v) is 6.84. The number of fused-ring (bicyclic) bond motifs is 1. The maximum atomic E-state index is 6.01. The van der Waals surface area contributed by atoms with E-state index in [9.17, 15) is 0 Å². The molecule has 0 saturated heterocycles. The van der Waals surface area contributed by atoms with Crippen LogP contribution in [-0.4, -0.2) is 9.97 Å². The van der Waals surface area contributed by atoms with Crippen molar-refractivity contribution in [3.8, 4) is 11.4 Å². The van der Waals surface area contributed by atoms with Gasteiger partial charge in [-0.15, -0.1) is 11.3 Å². The summed E-state index contributed by atoms with van der Waals surface area (Å²) in [7, 11) is 0. The number of hydrogen-bond acceptors (Lipinski definition) is 3. The molecule has 92 valence electrons. The molecule has 0 amide bonds. The normalized spacial score (nSPS) is 11.2. The molecule has 0 aliphatic rings. The molecule has 0 unspecified atom stereocenters. The number of nitrogens with zero attached hydrogens (tertiary/aromatic N) is 1. The summed E-state index contributed by atoms with van der Waals surface area (Å²) < 4.78 is 0. The predicted octanol–water partition coefficient (Wildman–Crippen LogP) is 3.74. The summed E-state index contributed by atoms with van der Waals surface area (Å²) in [6, 6.07) is 8.42. The largest absolute Gasteiger partial charge is 0.390 e. The van der Waals surface area contributed by atoms with E-state index in [1.807, 2.05) is 0 Å². The molecule has 0 bridgehead atoms.